The van der Waals surface area contributed by atoms with Gasteiger partial charge in [-0.2, -0.15) is 0 Å². The van der Waals surface area contributed by atoms with Gasteiger partial charge >= 0.3 is 0 Å². The molecule has 0 bridgehead atoms. The van der Waals surface area contributed by atoms with Crippen molar-refractivity contribution in [3.63, 3.8) is 0 Å². The Kier molecular flexibility index (Phi) is 5.31. The van der Waals surface area contributed by atoms with E-state index in [4.69, 9.17) is 0 Å². The number of benzene rings is 3. The molecule has 1 aliphatic heterocycles. The Hall–Kier alpha value is -2.91. The van der Waals surface area contributed by atoms with Crippen LogP contribution in [0.1, 0.15) is 35.2 Å². The smallest absolute Gasteiger partial charge is 0.121 e. The molecule has 27 heavy (non-hydrogen) atoms. The van der Waals surface area contributed by atoms with Gasteiger partial charge in [-0.15, -0.1) is 0 Å². The molecule has 1 heterocycles. The third kappa shape index (κ3) is 3.93. The zero-order valence-corrected chi connectivity index (χ0v) is 15.3. The largest absolute Gasteiger partial charge is 0.411 e. The van der Waals surface area contributed by atoms with E-state index in [9.17, 15) is 5.21 Å². The van der Waals surface area contributed by atoms with Crippen molar-refractivity contribution in [1.82, 2.24) is 0 Å². The monoisotopic (exact) mass is 357 g/mol. The molecule has 1 aliphatic rings. The van der Waals surface area contributed by atoms with Crippen LogP contribution in [0.15, 0.2) is 96.2 Å². The van der Waals surface area contributed by atoms with Gasteiger partial charge in [-0.25, -0.2) is 0 Å². The van der Waals surface area contributed by atoms with E-state index in [2.05, 4.69) is 83.3 Å². The molecule has 1 fully saturated rings. The molecule has 0 spiro atoms. The summed E-state index contributed by atoms with van der Waals surface area (Å²) in [6.07, 6.45) is 1.64. The summed E-state index contributed by atoms with van der Waals surface area (Å²) in [6.45, 7) is 0. The molecular formula is C24H25N2O+. The summed E-state index contributed by atoms with van der Waals surface area (Å²) in [5.74, 6) is 0.166. The zero-order valence-electron chi connectivity index (χ0n) is 15.3. The normalized spacial score (nSPS) is 24.0. The van der Waals surface area contributed by atoms with Crippen LogP contribution >= 0.6 is 0 Å². The number of oxime groups is 1. The van der Waals surface area contributed by atoms with Crippen LogP contribution in [0, 0.1) is 5.92 Å². The highest BCUT2D eigenvalue weighted by molar-refractivity contribution is 5.88. The van der Waals surface area contributed by atoms with Crippen LogP contribution in [0.3, 0.4) is 0 Å². The fourth-order valence-corrected chi connectivity index (χ4v) is 4.21. The Morgan fingerprint density at radius 1 is 0.778 bits per heavy atom. The van der Waals surface area contributed by atoms with Crippen LogP contribution in [0.2, 0.25) is 0 Å². The minimum atomic E-state index is 0.166. The topological polar surface area (TPSA) is 49.2 Å². The predicted molar refractivity (Wildman–Crippen MR) is 108 cm³/mol. The van der Waals surface area contributed by atoms with Crippen molar-refractivity contribution in [2.75, 3.05) is 0 Å². The van der Waals surface area contributed by atoms with Crippen LogP contribution in [0.5, 0.6) is 0 Å². The standard InChI is InChI=1S/C24H24N2O/c27-26-23-17-22(19-12-6-2-7-13-19)25-24(20-14-8-3-9-15-20)21(23)16-18-10-4-1-5-11-18/h1-15,21-22,24-25,27H,16-17H2/p+1/b26-23-/t21-,22-,24-/m0/s1. The maximum atomic E-state index is 9.84. The molecule has 136 valence electrons. The molecule has 0 amide bonds. The number of nitrogens with zero attached hydrogens (tertiary/aromatic N) is 1. The van der Waals surface area contributed by atoms with E-state index in [1.807, 2.05) is 18.2 Å². The van der Waals surface area contributed by atoms with Crippen molar-refractivity contribution < 1.29 is 10.5 Å². The van der Waals surface area contributed by atoms with Gasteiger partial charge in [-0.05, 0) is 12.0 Å². The highest BCUT2D eigenvalue weighted by Gasteiger charge is 2.40. The van der Waals surface area contributed by atoms with Crippen LogP contribution in [0.25, 0.3) is 0 Å². The van der Waals surface area contributed by atoms with E-state index in [-0.39, 0.29) is 18.0 Å². The lowest BCUT2D eigenvalue weighted by Gasteiger charge is -2.35. The molecule has 3 aromatic carbocycles. The van der Waals surface area contributed by atoms with Gasteiger partial charge in [0.2, 0.25) is 0 Å². The fourth-order valence-electron chi connectivity index (χ4n) is 4.21. The molecule has 3 aromatic rings. The first-order valence-electron chi connectivity index (χ1n) is 9.55. The molecule has 0 unspecified atom stereocenters. The van der Waals surface area contributed by atoms with E-state index >= 15 is 0 Å². The van der Waals surface area contributed by atoms with Crippen LogP contribution in [-0.2, 0) is 6.42 Å². The van der Waals surface area contributed by atoms with E-state index in [0.29, 0.717) is 0 Å². The summed E-state index contributed by atoms with van der Waals surface area (Å²) in [6, 6.07) is 32.1. The lowest BCUT2D eigenvalue weighted by molar-refractivity contribution is -0.742. The molecule has 4 rings (SSSR count). The first-order chi connectivity index (χ1) is 13.3. The molecule has 3 atom stereocenters. The second kappa shape index (κ2) is 8.19. The van der Waals surface area contributed by atoms with Crippen molar-refractivity contribution >= 4 is 5.71 Å². The molecule has 0 radical (unpaired) electrons. The van der Waals surface area contributed by atoms with Crippen molar-refractivity contribution in [3.8, 4) is 0 Å². The maximum absolute atomic E-state index is 9.84. The van der Waals surface area contributed by atoms with Gasteiger partial charge in [0.1, 0.15) is 12.1 Å². The molecule has 3 N–H and O–H groups in total. The molecule has 3 nitrogen and oxygen atoms in total. The van der Waals surface area contributed by atoms with Gasteiger partial charge in [-0.1, -0.05) is 96.2 Å². The number of quaternary nitrogens is 1. The second-order valence-corrected chi connectivity index (χ2v) is 7.24. The molecule has 0 aliphatic carbocycles. The summed E-state index contributed by atoms with van der Waals surface area (Å²) in [4.78, 5) is 0. The maximum Gasteiger partial charge on any atom is 0.121 e. The van der Waals surface area contributed by atoms with Crippen LogP contribution in [-0.4, -0.2) is 10.9 Å². The Labute approximate surface area is 160 Å². The Morgan fingerprint density at radius 2 is 1.33 bits per heavy atom. The minimum absolute atomic E-state index is 0.166. The number of nitrogens with two attached hydrogens (primary N) is 1. The highest BCUT2D eigenvalue weighted by atomic mass is 16.4. The van der Waals surface area contributed by atoms with Crippen LogP contribution < -0.4 is 5.32 Å². The third-order valence-corrected chi connectivity index (χ3v) is 5.57. The molecular weight excluding hydrogens is 332 g/mol. The predicted octanol–water partition coefficient (Wildman–Crippen LogP) is 4.13. The van der Waals surface area contributed by atoms with Crippen molar-refractivity contribution in [2.45, 2.75) is 24.9 Å². The van der Waals surface area contributed by atoms with E-state index in [1.165, 1.54) is 16.7 Å². The molecule has 0 saturated carbocycles. The summed E-state index contributed by atoms with van der Waals surface area (Å²) in [7, 11) is 0. The Morgan fingerprint density at radius 3 is 1.93 bits per heavy atom. The first-order valence-corrected chi connectivity index (χ1v) is 9.55. The van der Waals surface area contributed by atoms with Crippen molar-refractivity contribution in [2.24, 2.45) is 11.1 Å². The van der Waals surface area contributed by atoms with Gasteiger partial charge in [0, 0.05) is 17.5 Å². The average molecular weight is 357 g/mol. The lowest BCUT2D eigenvalue weighted by Crippen LogP contribution is -2.90. The van der Waals surface area contributed by atoms with E-state index in [0.717, 1.165) is 18.6 Å². The number of hydrogen-bond acceptors (Lipinski definition) is 2. The second-order valence-electron chi connectivity index (χ2n) is 7.24. The number of rotatable bonds is 4. The third-order valence-electron chi connectivity index (χ3n) is 5.57. The van der Waals surface area contributed by atoms with Gasteiger partial charge in [-0.3, -0.25) is 0 Å². The molecule has 3 heteroatoms. The van der Waals surface area contributed by atoms with Gasteiger partial charge in [0.05, 0.1) is 11.6 Å². The summed E-state index contributed by atoms with van der Waals surface area (Å²) >= 11 is 0. The van der Waals surface area contributed by atoms with Crippen LogP contribution in [0.4, 0.5) is 0 Å². The van der Waals surface area contributed by atoms with Crippen molar-refractivity contribution in [3.05, 3.63) is 108 Å². The zero-order chi connectivity index (χ0) is 18.5. The minimum Gasteiger partial charge on any atom is -0.411 e. The van der Waals surface area contributed by atoms with E-state index in [1.54, 1.807) is 0 Å². The number of hydrogen-bond donors (Lipinski definition) is 2. The molecule has 1 saturated heterocycles. The van der Waals surface area contributed by atoms with E-state index < -0.39 is 0 Å². The van der Waals surface area contributed by atoms with Crippen molar-refractivity contribution in [1.29, 1.82) is 0 Å². The summed E-state index contributed by atoms with van der Waals surface area (Å²) in [5.41, 5.74) is 4.72. The summed E-state index contributed by atoms with van der Waals surface area (Å²) < 4.78 is 0. The quantitative estimate of drug-likeness (QED) is 0.535. The molecule has 0 aromatic heterocycles. The number of piperidine rings is 1. The average Bonchev–Trinajstić information content (AvgIpc) is 2.76. The van der Waals surface area contributed by atoms with Gasteiger partial charge < -0.3 is 10.5 Å². The Balaban J connectivity index is 1.70. The highest BCUT2D eigenvalue weighted by Crippen LogP contribution is 2.32. The lowest BCUT2D eigenvalue weighted by atomic mass is 9.77. The first kappa shape index (κ1) is 17.5. The fraction of sp³-hybridized carbons (Fsp3) is 0.208. The van der Waals surface area contributed by atoms with Gasteiger partial charge in [0.25, 0.3) is 0 Å². The summed E-state index contributed by atoms with van der Waals surface area (Å²) in [5, 5.41) is 16.1. The van der Waals surface area contributed by atoms with Gasteiger partial charge in [0.15, 0.2) is 0 Å². The Bertz CT molecular complexity index is 878. The SMILES string of the molecule is O/N=C1/C[C@@H](c2ccccc2)[NH2+][C@@H](c2ccccc2)[C@H]1Cc1ccccc1.